The average molecular weight is 1010 g/mol. The van der Waals surface area contributed by atoms with Crippen molar-refractivity contribution in [2.24, 2.45) is 0 Å². The largest absolute Gasteiger partial charge is 1.00 e. The predicted octanol–water partition coefficient (Wildman–Crippen LogP) is 15.5. The molecule has 0 amide bonds. The van der Waals surface area contributed by atoms with Crippen LogP contribution in [0.25, 0.3) is 0 Å². The van der Waals surface area contributed by atoms with E-state index in [0.717, 1.165) is 60.8 Å². The molecule has 71 heavy (non-hydrogen) atoms. The third-order valence-corrected chi connectivity index (χ3v) is 13.2. The molecule has 5 nitrogen and oxygen atoms in total. The predicted molar refractivity (Wildman–Crippen MR) is 309 cm³/mol. The van der Waals surface area contributed by atoms with Crippen molar-refractivity contribution in [2.75, 3.05) is 34.4 Å². The van der Waals surface area contributed by atoms with Gasteiger partial charge in [0.1, 0.15) is 24.5 Å². The van der Waals surface area contributed by atoms with Crippen LogP contribution in [0.4, 0.5) is 39.8 Å². The molecule has 0 atom stereocenters. The van der Waals surface area contributed by atoms with Gasteiger partial charge in [-0.2, -0.15) is 0 Å². The molecule has 0 saturated carbocycles. The van der Waals surface area contributed by atoms with Gasteiger partial charge in [-0.15, -0.1) is 0 Å². The number of para-hydroxylation sites is 4. The topological polar surface area (TPSA) is 56.3 Å². The quantitative estimate of drug-likeness (QED) is 0.0796. The summed E-state index contributed by atoms with van der Waals surface area (Å²) in [5, 5.41) is 8.28. The summed E-state index contributed by atoms with van der Waals surface area (Å²) in [6.45, 7) is 27.0. The van der Waals surface area contributed by atoms with Gasteiger partial charge in [-0.1, -0.05) is 196 Å². The Labute approximate surface area is 444 Å². The second-order valence-electron chi connectivity index (χ2n) is 19.1. The van der Waals surface area contributed by atoms with E-state index in [-0.39, 0.29) is 12.4 Å². The van der Waals surface area contributed by atoms with Gasteiger partial charge in [-0.25, -0.2) is 9.48 Å². The van der Waals surface area contributed by atoms with Crippen LogP contribution in [-0.4, -0.2) is 24.0 Å². The van der Waals surface area contributed by atoms with E-state index in [4.69, 9.17) is 28.9 Å². The van der Waals surface area contributed by atoms with Crippen LogP contribution >= 0.6 is 23.2 Å². The highest BCUT2D eigenvalue weighted by molar-refractivity contribution is 6.41. The Kier molecular flexibility index (Phi) is 23.6. The van der Waals surface area contributed by atoms with E-state index in [9.17, 15) is 0 Å². The summed E-state index contributed by atoms with van der Waals surface area (Å²) in [4.78, 5) is 2.51. The number of nitrogens with zero attached hydrogens (tertiary/aromatic N) is 2. The Morgan fingerprint density at radius 2 is 0.873 bits per heavy atom. The summed E-state index contributed by atoms with van der Waals surface area (Å²) in [6.07, 6.45) is 5.52. The number of aryl methyl sites for hydroxylation is 3. The van der Waals surface area contributed by atoms with Crippen LogP contribution in [0.3, 0.4) is 0 Å². The molecule has 8 rings (SSSR count). The van der Waals surface area contributed by atoms with Crippen molar-refractivity contribution in [3.05, 3.63) is 207 Å². The maximum Gasteiger partial charge on any atom is 0.244 e. The summed E-state index contributed by atoms with van der Waals surface area (Å²) < 4.78 is 2.51. The summed E-state index contributed by atoms with van der Waals surface area (Å²) in [5.74, 6) is 2.06. The van der Waals surface area contributed by atoms with E-state index in [0.29, 0.717) is 33.7 Å². The fourth-order valence-electron chi connectivity index (χ4n) is 8.53. The molecule has 0 radical (unpaired) electrons. The highest BCUT2D eigenvalue weighted by Crippen LogP contribution is 2.39. The van der Waals surface area contributed by atoms with Crippen LogP contribution in [0, 0.1) is 0 Å². The zero-order valence-electron chi connectivity index (χ0n) is 44.0. The monoisotopic (exact) mass is 1010 g/mol. The molecule has 0 spiro atoms. The summed E-state index contributed by atoms with van der Waals surface area (Å²) in [6, 6.07) is 54.3. The number of anilines is 6. The maximum absolute atomic E-state index is 5.58. The molecule has 8 heteroatoms. The second-order valence-corrected chi connectivity index (χ2v) is 19.9. The molecule has 0 fully saturated rings. The first-order valence-corrected chi connectivity index (χ1v) is 26.1. The maximum atomic E-state index is 5.58. The van der Waals surface area contributed by atoms with Gasteiger partial charge >= 0.3 is 0 Å². The van der Waals surface area contributed by atoms with Crippen molar-refractivity contribution in [1.29, 1.82) is 0 Å². The molecule has 0 bridgehead atoms. The summed E-state index contributed by atoms with van der Waals surface area (Å²) in [7, 11) is 0. The van der Waals surface area contributed by atoms with Crippen LogP contribution in [0.1, 0.15) is 139 Å². The van der Waals surface area contributed by atoms with E-state index < -0.39 is 0 Å². The highest BCUT2D eigenvalue weighted by Gasteiger charge is 2.31. The minimum absolute atomic E-state index is 0. The fourth-order valence-corrected chi connectivity index (χ4v) is 8.80. The molecule has 7 aromatic carbocycles. The Balaban J connectivity index is 0.000000231. The number of hydrogen-bond donors (Lipinski definition) is 3. The Morgan fingerprint density at radius 3 is 1.25 bits per heavy atom. The molecular formula is C63H78Cl3N5. The first kappa shape index (κ1) is 57.9. The Bertz CT molecular complexity index is 2620. The first-order chi connectivity index (χ1) is 33.6. The lowest BCUT2D eigenvalue weighted by Gasteiger charge is -2.20. The highest BCUT2D eigenvalue weighted by atomic mass is 35.5. The first-order valence-electron chi connectivity index (χ1n) is 25.3. The van der Waals surface area contributed by atoms with Crippen LogP contribution < -0.4 is 33.7 Å². The number of benzene rings is 7. The van der Waals surface area contributed by atoms with Gasteiger partial charge in [-0.3, -0.25) is 0 Å². The smallest absolute Gasteiger partial charge is 0.244 e. The Hall–Kier alpha value is -5.72. The van der Waals surface area contributed by atoms with E-state index in [1.807, 2.05) is 30.3 Å². The van der Waals surface area contributed by atoms with E-state index in [1.165, 1.54) is 50.3 Å². The van der Waals surface area contributed by atoms with Gasteiger partial charge in [0.05, 0.1) is 21.4 Å². The molecule has 0 saturated heterocycles. The molecule has 1 aliphatic heterocycles. The van der Waals surface area contributed by atoms with E-state index in [1.54, 1.807) is 12.1 Å². The van der Waals surface area contributed by atoms with Gasteiger partial charge in [0, 0.05) is 39.3 Å². The van der Waals surface area contributed by atoms with Gasteiger partial charge < -0.3 is 28.8 Å². The van der Waals surface area contributed by atoms with Crippen LogP contribution in [0.15, 0.2) is 158 Å². The lowest BCUT2D eigenvalue weighted by molar-refractivity contribution is -0.425. The number of rotatable bonds is 13. The van der Waals surface area contributed by atoms with Crippen LogP contribution in [0.2, 0.25) is 10.0 Å². The number of nitrogens with two attached hydrogens (primary N) is 1. The van der Waals surface area contributed by atoms with Gasteiger partial charge in [0.2, 0.25) is 6.34 Å². The number of halogens is 3. The molecule has 7 aromatic rings. The van der Waals surface area contributed by atoms with E-state index in [2.05, 4.69) is 218 Å². The zero-order chi connectivity index (χ0) is 50.7. The van der Waals surface area contributed by atoms with Gasteiger partial charge in [-0.05, 0) is 120 Å². The second kappa shape index (κ2) is 29.0. The average Bonchev–Trinajstić information content (AvgIpc) is 3.85. The number of nitrogens with one attached hydrogen (secondary N) is 2. The van der Waals surface area contributed by atoms with Crippen molar-refractivity contribution in [3.63, 3.8) is 0 Å². The summed E-state index contributed by atoms with van der Waals surface area (Å²) >= 11 is 11.2. The van der Waals surface area contributed by atoms with Crippen molar-refractivity contribution in [3.8, 4) is 0 Å². The van der Waals surface area contributed by atoms with Crippen molar-refractivity contribution in [2.45, 2.75) is 119 Å². The molecule has 1 aliphatic rings. The summed E-state index contributed by atoms with van der Waals surface area (Å²) in [5.41, 5.74) is 23.4. The van der Waals surface area contributed by atoms with Gasteiger partial charge in [0.15, 0.2) is 0 Å². The minimum atomic E-state index is 0. The third kappa shape index (κ3) is 17.0. The van der Waals surface area contributed by atoms with Crippen molar-refractivity contribution >= 4 is 69.4 Å². The lowest BCUT2D eigenvalue weighted by Crippen LogP contribution is -3.00. The standard InChI is InChI=1S/C27H39N2.C22H24N2.C8H11N.C6H4Cl2.ClH/c1-18(2)22-11-9-12-23(19(3)4)26(22)28-15-16-29(17-28)27-24(20(5)6)13-10-14-25(27)21(7)8;1-3-17-9-7-11-19(15-17)23-21-13-5-6-14-22(21)24-20-12-8-10-18(4-2)16-20;1-2-7-4-3-5-8(9)6-7;7-5-3-1-2-4-6(5)8;/h9-14,17-21H,15-16H2,1-8H3;5-16,23-24H,3-4H2,1-2H3;3-6H,2,9H2,1H3;1-4H;1H/q+1;;;;/p-1. The van der Waals surface area contributed by atoms with Crippen LogP contribution in [0.5, 0.6) is 0 Å². The molecule has 376 valence electrons. The molecular weight excluding hydrogens is 933 g/mol. The van der Waals surface area contributed by atoms with E-state index >= 15 is 0 Å². The molecule has 0 aliphatic carbocycles. The minimum Gasteiger partial charge on any atom is -1.00 e. The Morgan fingerprint density at radius 1 is 0.493 bits per heavy atom. The molecule has 4 N–H and O–H groups in total. The molecule has 1 heterocycles. The van der Waals surface area contributed by atoms with Gasteiger partial charge in [0.25, 0.3) is 0 Å². The number of hydrogen-bond acceptors (Lipinski definition) is 4. The fraction of sp³-hybridized carbons (Fsp3) is 0.317. The van der Waals surface area contributed by atoms with Crippen molar-refractivity contribution in [1.82, 2.24) is 0 Å². The lowest BCUT2D eigenvalue weighted by atomic mass is 9.92. The zero-order valence-corrected chi connectivity index (χ0v) is 46.3. The molecule has 0 aromatic heterocycles. The van der Waals surface area contributed by atoms with Crippen molar-refractivity contribution < 1.29 is 17.0 Å². The normalized spacial score (nSPS) is 11.7. The molecule has 0 unspecified atom stereocenters. The SMILES string of the molecule is CC(C)c1cccc(C(C)C)c1N1C=[N+](c2c(C(C)C)cccc2C(C)C)CC1.CCc1cccc(N)c1.CCc1cccc(Nc2ccccc2Nc2cccc(CC)c2)c1.Clc1ccccc1Cl.[Cl-]. The van der Waals surface area contributed by atoms with Crippen LogP contribution in [-0.2, 0) is 19.3 Å². The third-order valence-electron chi connectivity index (χ3n) is 12.5. The number of nitrogen functional groups attached to an aromatic ring is 1.